The maximum atomic E-state index is 13.9. The maximum Gasteiger partial charge on any atom is 0.319 e. The van der Waals surface area contributed by atoms with Crippen LogP contribution in [0.25, 0.3) is 0 Å². The topological polar surface area (TPSA) is 70.6 Å². The Kier molecular flexibility index (Phi) is 6.61. The average Bonchev–Trinajstić information content (AvgIpc) is 2.47. The summed E-state index contributed by atoms with van der Waals surface area (Å²) < 4.78 is 19.3. The van der Waals surface area contributed by atoms with Crippen molar-refractivity contribution in [2.75, 3.05) is 11.9 Å². The molecule has 0 aliphatic rings. The average molecular weight is 312 g/mol. The van der Waals surface area contributed by atoms with Crippen LogP contribution in [0.2, 0.25) is 0 Å². The zero-order chi connectivity index (χ0) is 16.8. The van der Waals surface area contributed by atoms with Gasteiger partial charge in [-0.25, -0.2) is 9.18 Å². The van der Waals surface area contributed by atoms with Crippen LogP contribution >= 0.6 is 0 Å². The van der Waals surface area contributed by atoms with Crippen molar-refractivity contribution in [3.8, 4) is 5.75 Å². The highest BCUT2D eigenvalue weighted by molar-refractivity contribution is 5.89. The molecule has 0 spiro atoms. The number of carbonyl (C=O) groups excluding carboxylic acids is 1. The zero-order valence-electron chi connectivity index (χ0n) is 13.6. The van der Waals surface area contributed by atoms with Crippen molar-refractivity contribution in [3.63, 3.8) is 0 Å². The lowest BCUT2D eigenvalue weighted by atomic mass is 9.98. The normalized spacial score (nSPS) is 11.4. The number of anilines is 1. The molecular formula is C16H25FN2O3. The number of halogens is 1. The molecule has 0 heterocycles. The fourth-order valence-electron chi connectivity index (χ4n) is 1.85. The molecule has 6 heteroatoms. The number of benzene rings is 1. The molecule has 0 atom stereocenters. The molecule has 3 N–H and O–H groups in total. The molecule has 0 bridgehead atoms. The summed E-state index contributed by atoms with van der Waals surface area (Å²) in [6, 6.07) is 3.70. The lowest BCUT2D eigenvalue weighted by Crippen LogP contribution is -2.43. The standard InChI is InChI=1S/C16H25FN2O3/c1-5-16(21,6-2)10-18-15(20)19-14-8-7-12(9-13(14)17)22-11(3)4/h7-9,11,21H,5-6,10H2,1-4H3,(H2,18,19,20). The number of hydrogen-bond donors (Lipinski definition) is 3. The molecule has 22 heavy (non-hydrogen) atoms. The van der Waals surface area contributed by atoms with Gasteiger partial charge in [0.2, 0.25) is 0 Å². The van der Waals surface area contributed by atoms with Crippen molar-refractivity contribution in [1.82, 2.24) is 5.32 Å². The number of amides is 2. The van der Waals surface area contributed by atoms with Gasteiger partial charge >= 0.3 is 6.03 Å². The first-order chi connectivity index (χ1) is 10.3. The van der Waals surface area contributed by atoms with Crippen molar-refractivity contribution in [2.45, 2.75) is 52.2 Å². The van der Waals surface area contributed by atoms with Crippen LogP contribution in [-0.2, 0) is 0 Å². The molecule has 1 rings (SSSR count). The third-order valence-electron chi connectivity index (χ3n) is 3.45. The molecule has 5 nitrogen and oxygen atoms in total. The van der Waals surface area contributed by atoms with Gasteiger partial charge in [0.1, 0.15) is 11.6 Å². The van der Waals surface area contributed by atoms with Gasteiger partial charge in [-0.3, -0.25) is 0 Å². The van der Waals surface area contributed by atoms with Crippen molar-refractivity contribution in [1.29, 1.82) is 0 Å². The molecule has 0 aliphatic carbocycles. The smallest absolute Gasteiger partial charge is 0.319 e. The molecule has 1 aromatic rings. The van der Waals surface area contributed by atoms with Crippen LogP contribution in [0.4, 0.5) is 14.9 Å². The van der Waals surface area contributed by atoms with Gasteiger partial charge in [-0.15, -0.1) is 0 Å². The van der Waals surface area contributed by atoms with Gasteiger partial charge in [0.25, 0.3) is 0 Å². The van der Waals surface area contributed by atoms with E-state index in [0.29, 0.717) is 18.6 Å². The minimum absolute atomic E-state index is 0.0535. The maximum absolute atomic E-state index is 13.9. The number of ether oxygens (including phenoxy) is 1. The van der Waals surface area contributed by atoms with E-state index in [9.17, 15) is 14.3 Å². The van der Waals surface area contributed by atoms with Crippen LogP contribution in [0, 0.1) is 5.82 Å². The molecular weight excluding hydrogens is 287 g/mol. The van der Waals surface area contributed by atoms with E-state index in [-0.39, 0.29) is 18.3 Å². The molecule has 0 aromatic heterocycles. The molecule has 0 aliphatic heterocycles. The number of nitrogens with one attached hydrogen (secondary N) is 2. The third-order valence-corrected chi connectivity index (χ3v) is 3.45. The lowest BCUT2D eigenvalue weighted by molar-refractivity contribution is 0.0354. The highest BCUT2D eigenvalue weighted by Crippen LogP contribution is 2.21. The summed E-state index contributed by atoms with van der Waals surface area (Å²) >= 11 is 0. The van der Waals surface area contributed by atoms with Crippen LogP contribution in [0.15, 0.2) is 18.2 Å². The minimum atomic E-state index is -0.940. The second kappa shape index (κ2) is 7.98. The summed E-state index contributed by atoms with van der Waals surface area (Å²) in [5.74, 6) is -0.167. The quantitative estimate of drug-likeness (QED) is 0.723. The van der Waals surface area contributed by atoms with Gasteiger partial charge in [-0.05, 0) is 38.8 Å². The Morgan fingerprint density at radius 3 is 2.50 bits per heavy atom. The summed E-state index contributed by atoms with van der Waals surface area (Å²) in [5, 5.41) is 15.1. The fraction of sp³-hybridized carbons (Fsp3) is 0.562. The van der Waals surface area contributed by atoms with Crippen LogP contribution < -0.4 is 15.4 Å². The van der Waals surface area contributed by atoms with E-state index in [0.717, 1.165) is 0 Å². The first-order valence-corrected chi connectivity index (χ1v) is 7.53. The summed E-state index contributed by atoms with van der Waals surface area (Å²) in [6.45, 7) is 7.49. The molecule has 0 unspecified atom stereocenters. The second-order valence-corrected chi connectivity index (χ2v) is 5.55. The lowest BCUT2D eigenvalue weighted by Gasteiger charge is -2.25. The van der Waals surface area contributed by atoms with Gasteiger partial charge in [-0.2, -0.15) is 0 Å². The number of aliphatic hydroxyl groups is 1. The number of rotatable bonds is 7. The molecule has 2 amide bonds. The first kappa shape index (κ1) is 18.2. The van der Waals surface area contributed by atoms with Gasteiger partial charge < -0.3 is 20.5 Å². The van der Waals surface area contributed by atoms with E-state index in [2.05, 4.69) is 10.6 Å². The Hall–Kier alpha value is -1.82. The number of hydrogen-bond acceptors (Lipinski definition) is 3. The monoisotopic (exact) mass is 312 g/mol. The predicted octanol–water partition coefficient (Wildman–Crippen LogP) is 3.29. The van der Waals surface area contributed by atoms with E-state index in [4.69, 9.17) is 4.74 Å². The zero-order valence-corrected chi connectivity index (χ0v) is 13.6. The number of carbonyl (C=O) groups is 1. The van der Waals surface area contributed by atoms with Crippen LogP contribution in [0.1, 0.15) is 40.5 Å². The van der Waals surface area contributed by atoms with Crippen molar-refractivity contribution < 1.29 is 19.0 Å². The first-order valence-electron chi connectivity index (χ1n) is 7.53. The SMILES string of the molecule is CCC(O)(CC)CNC(=O)Nc1ccc(OC(C)C)cc1F. The van der Waals surface area contributed by atoms with E-state index < -0.39 is 17.4 Å². The third kappa shape index (κ3) is 5.52. The van der Waals surface area contributed by atoms with Crippen molar-refractivity contribution in [2.24, 2.45) is 0 Å². The summed E-state index contributed by atoms with van der Waals surface area (Å²) in [5.41, 5.74) is -0.879. The van der Waals surface area contributed by atoms with E-state index >= 15 is 0 Å². The highest BCUT2D eigenvalue weighted by Gasteiger charge is 2.22. The second-order valence-electron chi connectivity index (χ2n) is 5.55. The van der Waals surface area contributed by atoms with Gasteiger partial charge in [-0.1, -0.05) is 13.8 Å². The van der Waals surface area contributed by atoms with Crippen LogP contribution in [-0.4, -0.2) is 29.4 Å². The largest absolute Gasteiger partial charge is 0.491 e. The van der Waals surface area contributed by atoms with E-state index in [1.165, 1.54) is 12.1 Å². The molecule has 0 fully saturated rings. The Morgan fingerprint density at radius 2 is 2.00 bits per heavy atom. The molecule has 1 aromatic carbocycles. The molecule has 124 valence electrons. The van der Waals surface area contributed by atoms with E-state index in [1.807, 2.05) is 27.7 Å². The highest BCUT2D eigenvalue weighted by atomic mass is 19.1. The van der Waals surface area contributed by atoms with Gasteiger partial charge in [0.05, 0.1) is 17.4 Å². The Bertz CT molecular complexity index is 502. The molecule has 0 radical (unpaired) electrons. The van der Waals surface area contributed by atoms with Crippen LogP contribution in [0.3, 0.4) is 0 Å². The fourth-order valence-corrected chi connectivity index (χ4v) is 1.85. The van der Waals surface area contributed by atoms with Crippen LogP contribution in [0.5, 0.6) is 5.75 Å². The Morgan fingerprint density at radius 1 is 1.36 bits per heavy atom. The Labute approximate surface area is 130 Å². The van der Waals surface area contributed by atoms with Crippen molar-refractivity contribution >= 4 is 11.7 Å². The van der Waals surface area contributed by atoms with Crippen molar-refractivity contribution in [3.05, 3.63) is 24.0 Å². The van der Waals surface area contributed by atoms with Gasteiger partial charge in [0, 0.05) is 12.6 Å². The number of urea groups is 1. The summed E-state index contributed by atoms with van der Waals surface area (Å²) in [7, 11) is 0. The summed E-state index contributed by atoms with van der Waals surface area (Å²) in [6.07, 6.45) is 1.00. The van der Waals surface area contributed by atoms with E-state index in [1.54, 1.807) is 6.07 Å². The predicted molar refractivity (Wildman–Crippen MR) is 84.7 cm³/mol. The molecule has 0 saturated carbocycles. The Balaban J connectivity index is 2.61. The van der Waals surface area contributed by atoms with Gasteiger partial charge in [0.15, 0.2) is 0 Å². The molecule has 0 saturated heterocycles. The summed E-state index contributed by atoms with van der Waals surface area (Å²) in [4.78, 5) is 11.8. The minimum Gasteiger partial charge on any atom is -0.491 e.